The Morgan fingerprint density at radius 2 is 2.00 bits per heavy atom. The van der Waals surface area contributed by atoms with Crippen LogP contribution in [-0.4, -0.2) is 0 Å². The summed E-state index contributed by atoms with van der Waals surface area (Å²) in [7, 11) is 0. The van der Waals surface area contributed by atoms with Gasteiger partial charge in [-0.15, -0.1) is 0 Å². The van der Waals surface area contributed by atoms with Crippen LogP contribution >= 0.6 is 0 Å². The average molecular weight is 289 g/mol. The zero-order valence-corrected chi connectivity index (χ0v) is 15.1. The van der Waals surface area contributed by atoms with E-state index in [2.05, 4.69) is 47.3 Å². The van der Waals surface area contributed by atoms with Crippen molar-refractivity contribution >= 4 is 0 Å². The molecular formula is C21H36. The molecule has 0 nitrogen and oxygen atoms in total. The molecule has 2 aliphatic carbocycles. The molecule has 2 aliphatic rings. The lowest BCUT2D eigenvalue weighted by Crippen LogP contribution is -2.49. The fourth-order valence-electron chi connectivity index (χ4n) is 5.63. The number of fused-ring (bicyclic) bond motifs is 1. The molecule has 0 aromatic heterocycles. The van der Waals surface area contributed by atoms with Gasteiger partial charge >= 0.3 is 0 Å². The summed E-state index contributed by atoms with van der Waals surface area (Å²) < 4.78 is 0. The summed E-state index contributed by atoms with van der Waals surface area (Å²) in [5, 5.41) is 0. The topological polar surface area (TPSA) is 0 Å². The van der Waals surface area contributed by atoms with Crippen LogP contribution < -0.4 is 0 Å². The minimum atomic E-state index is 0.504. The molecule has 0 bridgehead atoms. The summed E-state index contributed by atoms with van der Waals surface area (Å²) in [5.74, 6) is 1.64. The van der Waals surface area contributed by atoms with Crippen molar-refractivity contribution in [1.82, 2.24) is 0 Å². The minimum absolute atomic E-state index is 0.504. The first-order valence-corrected chi connectivity index (χ1v) is 9.14. The van der Waals surface area contributed by atoms with Crippen LogP contribution in [0.3, 0.4) is 0 Å². The first kappa shape index (κ1) is 16.8. The van der Waals surface area contributed by atoms with Crippen LogP contribution in [0.15, 0.2) is 23.8 Å². The maximum Gasteiger partial charge on any atom is -0.0146 e. The van der Waals surface area contributed by atoms with Gasteiger partial charge in [0.15, 0.2) is 0 Å². The third-order valence-electron chi connectivity index (χ3n) is 6.70. The Balaban J connectivity index is 2.17. The molecule has 2 fully saturated rings. The third kappa shape index (κ3) is 3.30. The van der Waals surface area contributed by atoms with Gasteiger partial charge in [0.1, 0.15) is 0 Å². The Bertz CT molecular complexity index is 412. The monoisotopic (exact) mass is 288 g/mol. The molecule has 0 saturated heterocycles. The molecule has 0 aromatic rings. The van der Waals surface area contributed by atoms with Crippen molar-refractivity contribution in [2.45, 2.75) is 86.0 Å². The van der Waals surface area contributed by atoms with Crippen molar-refractivity contribution in [2.75, 3.05) is 0 Å². The van der Waals surface area contributed by atoms with Gasteiger partial charge < -0.3 is 0 Å². The van der Waals surface area contributed by atoms with Crippen LogP contribution in [0.2, 0.25) is 0 Å². The van der Waals surface area contributed by atoms with Gasteiger partial charge in [-0.2, -0.15) is 0 Å². The molecule has 0 N–H and O–H groups in total. The molecule has 2 rings (SSSR count). The van der Waals surface area contributed by atoms with Crippen molar-refractivity contribution < 1.29 is 0 Å². The lowest BCUT2D eigenvalue weighted by Gasteiger charge is -2.58. The third-order valence-corrected chi connectivity index (χ3v) is 6.70. The molecule has 0 aromatic carbocycles. The molecule has 21 heavy (non-hydrogen) atoms. The van der Waals surface area contributed by atoms with Gasteiger partial charge in [0, 0.05) is 0 Å². The Morgan fingerprint density at radius 1 is 1.29 bits per heavy atom. The first-order chi connectivity index (χ1) is 9.81. The smallest absolute Gasteiger partial charge is 0.0146 e. The second-order valence-corrected chi connectivity index (χ2v) is 8.65. The SMILES string of the molecule is C=C1CC[C@H]2C(C)(C)CCC[C@]2(C)[C@H]1CC/C(C)=C/CC. The second-order valence-electron chi connectivity index (χ2n) is 8.65. The van der Waals surface area contributed by atoms with Crippen LogP contribution in [-0.2, 0) is 0 Å². The van der Waals surface area contributed by atoms with Crippen molar-refractivity contribution in [3.05, 3.63) is 23.8 Å². The highest BCUT2D eigenvalue weighted by Crippen LogP contribution is 2.61. The van der Waals surface area contributed by atoms with E-state index in [0.29, 0.717) is 10.8 Å². The Morgan fingerprint density at radius 3 is 2.67 bits per heavy atom. The maximum atomic E-state index is 4.48. The van der Waals surface area contributed by atoms with Crippen LogP contribution in [0.1, 0.15) is 86.0 Å². The molecule has 0 aliphatic heterocycles. The van der Waals surface area contributed by atoms with Crippen LogP contribution in [0.5, 0.6) is 0 Å². The molecule has 3 atom stereocenters. The van der Waals surface area contributed by atoms with E-state index in [1.54, 1.807) is 11.1 Å². The lowest BCUT2D eigenvalue weighted by molar-refractivity contribution is -0.0539. The van der Waals surface area contributed by atoms with Crippen LogP contribution in [0.4, 0.5) is 0 Å². The van der Waals surface area contributed by atoms with Gasteiger partial charge in [-0.1, -0.05) is 57.9 Å². The van der Waals surface area contributed by atoms with Gasteiger partial charge in [-0.3, -0.25) is 0 Å². The number of allylic oxidation sites excluding steroid dienone is 3. The molecule has 0 heterocycles. The van der Waals surface area contributed by atoms with E-state index >= 15 is 0 Å². The van der Waals surface area contributed by atoms with E-state index in [1.165, 1.54) is 51.4 Å². The molecule has 0 amide bonds. The highest BCUT2D eigenvalue weighted by Gasteiger charge is 2.52. The number of hydrogen-bond donors (Lipinski definition) is 0. The minimum Gasteiger partial charge on any atom is -0.0996 e. The Hall–Kier alpha value is -0.520. The van der Waals surface area contributed by atoms with Crippen molar-refractivity contribution in [3.63, 3.8) is 0 Å². The maximum absolute atomic E-state index is 4.48. The van der Waals surface area contributed by atoms with Gasteiger partial charge in [-0.25, -0.2) is 0 Å². The van der Waals surface area contributed by atoms with Crippen molar-refractivity contribution in [2.24, 2.45) is 22.7 Å². The average Bonchev–Trinajstić information content (AvgIpc) is 2.37. The first-order valence-electron chi connectivity index (χ1n) is 9.14. The van der Waals surface area contributed by atoms with E-state index in [1.807, 2.05) is 0 Å². The quantitative estimate of drug-likeness (QED) is 0.492. The lowest BCUT2D eigenvalue weighted by atomic mass is 9.47. The highest BCUT2D eigenvalue weighted by atomic mass is 14.6. The predicted molar refractivity (Wildman–Crippen MR) is 94.4 cm³/mol. The molecule has 0 spiro atoms. The number of rotatable bonds is 4. The zero-order chi connectivity index (χ0) is 15.7. The summed E-state index contributed by atoms with van der Waals surface area (Å²) in [6.45, 7) is 16.7. The molecular weight excluding hydrogens is 252 g/mol. The van der Waals surface area contributed by atoms with Crippen LogP contribution in [0.25, 0.3) is 0 Å². The van der Waals surface area contributed by atoms with E-state index in [-0.39, 0.29) is 0 Å². The van der Waals surface area contributed by atoms with Gasteiger partial charge in [0.2, 0.25) is 0 Å². The normalized spacial score (nSPS) is 36.4. The van der Waals surface area contributed by atoms with Gasteiger partial charge in [0.25, 0.3) is 0 Å². The summed E-state index contributed by atoms with van der Waals surface area (Å²) in [5.41, 5.74) is 4.16. The summed E-state index contributed by atoms with van der Waals surface area (Å²) in [6.07, 6.45) is 13.1. The Labute approximate surface area is 133 Å². The predicted octanol–water partition coefficient (Wildman–Crippen LogP) is 6.92. The van der Waals surface area contributed by atoms with E-state index in [4.69, 9.17) is 0 Å². The van der Waals surface area contributed by atoms with E-state index in [0.717, 1.165) is 11.8 Å². The Kier molecular flexibility index (Phi) is 5.06. The summed E-state index contributed by atoms with van der Waals surface area (Å²) in [6, 6.07) is 0. The molecule has 0 unspecified atom stereocenters. The standard InChI is InChI=1S/C21H36/c1-7-9-16(2)10-12-18-17(3)11-13-19-20(4,5)14-8-15-21(18,19)6/h9,18-19H,3,7-8,10-15H2,1-2,4-6H3/b16-9+/t18-,19-,21+/m0/s1. The number of hydrogen-bond acceptors (Lipinski definition) is 0. The van der Waals surface area contributed by atoms with Crippen molar-refractivity contribution in [1.29, 1.82) is 0 Å². The summed E-state index contributed by atoms with van der Waals surface area (Å²) >= 11 is 0. The molecule has 0 heteroatoms. The van der Waals surface area contributed by atoms with E-state index < -0.39 is 0 Å². The molecule has 0 radical (unpaired) electrons. The fraction of sp³-hybridized carbons (Fsp3) is 0.810. The highest BCUT2D eigenvalue weighted by molar-refractivity contribution is 5.16. The van der Waals surface area contributed by atoms with Gasteiger partial charge in [0.05, 0.1) is 0 Å². The van der Waals surface area contributed by atoms with Gasteiger partial charge in [-0.05, 0) is 74.5 Å². The van der Waals surface area contributed by atoms with Crippen molar-refractivity contribution in [3.8, 4) is 0 Å². The molecule has 120 valence electrons. The largest absolute Gasteiger partial charge is 0.0996 e. The van der Waals surface area contributed by atoms with Crippen LogP contribution in [0, 0.1) is 22.7 Å². The summed E-state index contributed by atoms with van der Waals surface area (Å²) in [4.78, 5) is 0. The fourth-order valence-corrected chi connectivity index (χ4v) is 5.63. The zero-order valence-electron chi connectivity index (χ0n) is 15.1. The molecule has 2 saturated carbocycles. The second kappa shape index (κ2) is 6.31. The van der Waals surface area contributed by atoms with E-state index in [9.17, 15) is 0 Å².